The highest BCUT2D eigenvalue weighted by Crippen LogP contribution is 2.44. The highest BCUT2D eigenvalue weighted by atomic mass is 32.2. The van der Waals surface area contributed by atoms with Crippen LogP contribution in [0.5, 0.6) is 5.75 Å². The molecule has 2 heterocycles. The number of amides is 1. The molecule has 5 rings (SSSR count). The highest BCUT2D eigenvalue weighted by molar-refractivity contribution is 8.00. The zero-order valence-corrected chi connectivity index (χ0v) is 23.2. The largest absolute Gasteiger partial charge is 0.507 e. The Hall–Kier alpha value is -3.95. The SMILES string of the molecule is CCCOc1cccc(C2C(=C(O)c3ccccc3)C(=O)C(=O)N2c2nnc(SCc3ccc(C)cc3)s2)c1. The van der Waals surface area contributed by atoms with E-state index < -0.39 is 17.7 Å². The van der Waals surface area contributed by atoms with E-state index in [2.05, 4.69) is 34.5 Å². The first-order chi connectivity index (χ1) is 19.0. The maximum Gasteiger partial charge on any atom is 0.301 e. The Morgan fingerprint density at radius 2 is 1.79 bits per heavy atom. The quantitative estimate of drug-likeness (QED) is 0.0820. The van der Waals surface area contributed by atoms with E-state index in [1.54, 1.807) is 30.3 Å². The van der Waals surface area contributed by atoms with Crippen molar-refractivity contribution in [2.45, 2.75) is 36.4 Å². The topological polar surface area (TPSA) is 92.6 Å². The molecule has 1 atom stereocenters. The maximum absolute atomic E-state index is 13.4. The summed E-state index contributed by atoms with van der Waals surface area (Å²) in [5.74, 6) is -0.456. The molecule has 39 heavy (non-hydrogen) atoms. The third-order valence-corrected chi connectivity index (χ3v) is 8.35. The van der Waals surface area contributed by atoms with Gasteiger partial charge in [-0.3, -0.25) is 14.5 Å². The molecule has 0 radical (unpaired) electrons. The van der Waals surface area contributed by atoms with E-state index in [0.717, 1.165) is 12.0 Å². The zero-order chi connectivity index (χ0) is 27.4. The minimum Gasteiger partial charge on any atom is -0.507 e. The number of aliphatic hydroxyl groups is 1. The van der Waals surface area contributed by atoms with Gasteiger partial charge in [0.1, 0.15) is 11.5 Å². The molecule has 0 spiro atoms. The summed E-state index contributed by atoms with van der Waals surface area (Å²) in [6.45, 7) is 4.59. The molecule has 198 valence electrons. The monoisotopic (exact) mass is 557 g/mol. The standard InChI is InChI=1S/C30H27N3O4S2/c1-3-16-37-23-11-7-10-22(17-23)25-24(26(34)21-8-5-4-6-9-21)27(35)28(36)33(25)29-31-32-30(39-29)38-18-20-14-12-19(2)13-15-20/h4-15,17,25,34H,3,16,18H2,1-2H3. The van der Waals surface area contributed by atoms with E-state index in [4.69, 9.17) is 4.74 Å². The van der Waals surface area contributed by atoms with Gasteiger partial charge < -0.3 is 9.84 Å². The number of aliphatic hydroxyl groups excluding tert-OH is 1. The van der Waals surface area contributed by atoms with Gasteiger partial charge in [-0.25, -0.2) is 0 Å². The summed E-state index contributed by atoms with van der Waals surface area (Å²) in [7, 11) is 0. The summed E-state index contributed by atoms with van der Waals surface area (Å²) in [6, 6.07) is 23.4. The molecule has 1 N–H and O–H groups in total. The fourth-order valence-electron chi connectivity index (χ4n) is 4.28. The molecule has 1 aromatic heterocycles. The van der Waals surface area contributed by atoms with Crippen molar-refractivity contribution < 1.29 is 19.4 Å². The van der Waals surface area contributed by atoms with Crippen molar-refractivity contribution in [3.8, 4) is 5.75 Å². The molecule has 1 aliphatic heterocycles. The lowest BCUT2D eigenvalue weighted by Gasteiger charge is -2.23. The van der Waals surface area contributed by atoms with Gasteiger partial charge in [-0.15, -0.1) is 10.2 Å². The van der Waals surface area contributed by atoms with E-state index in [-0.39, 0.29) is 11.3 Å². The maximum atomic E-state index is 13.4. The summed E-state index contributed by atoms with van der Waals surface area (Å²) in [5.41, 5.74) is 3.42. The number of benzene rings is 3. The van der Waals surface area contributed by atoms with Gasteiger partial charge in [-0.05, 0) is 36.6 Å². The van der Waals surface area contributed by atoms with Crippen molar-refractivity contribution in [2.24, 2.45) is 0 Å². The lowest BCUT2D eigenvalue weighted by Crippen LogP contribution is -2.29. The van der Waals surface area contributed by atoms with Crippen LogP contribution < -0.4 is 9.64 Å². The Bertz CT molecular complexity index is 1520. The average Bonchev–Trinajstić information content (AvgIpc) is 3.53. The number of rotatable bonds is 9. The number of hydrogen-bond donors (Lipinski definition) is 1. The molecule has 9 heteroatoms. The van der Waals surface area contributed by atoms with Crippen LogP contribution in [0.2, 0.25) is 0 Å². The number of Topliss-reactive ketones (excluding diaryl/α,β-unsaturated/α-hetero) is 1. The molecule has 3 aromatic carbocycles. The second kappa shape index (κ2) is 11.8. The number of anilines is 1. The lowest BCUT2D eigenvalue weighted by atomic mass is 9.95. The van der Waals surface area contributed by atoms with E-state index in [1.807, 2.05) is 38.1 Å². The lowest BCUT2D eigenvalue weighted by molar-refractivity contribution is -0.132. The number of nitrogens with zero attached hydrogens (tertiary/aromatic N) is 3. The van der Waals surface area contributed by atoms with Crippen LogP contribution in [0.25, 0.3) is 5.76 Å². The highest BCUT2D eigenvalue weighted by Gasteiger charge is 2.48. The second-order valence-corrected chi connectivity index (χ2v) is 11.3. The molecule has 1 aliphatic rings. The summed E-state index contributed by atoms with van der Waals surface area (Å²) < 4.78 is 6.50. The molecule has 7 nitrogen and oxygen atoms in total. The third-order valence-electron chi connectivity index (χ3n) is 6.22. The van der Waals surface area contributed by atoms with Crippen LogP contribution in [0.15, 0.2) is 88.8 Å². The second-order valence-electron chi connectivity index (χ2n) is 9.08. The van der Waals surface area contributed by atoms with Crippen LogP contribution in [-0.2, 0) is 15.3 Å². The Morgan fingerprint density at radius 3 is 2.54 bits per heavy atom. The van der Waals surface area contributed by atoms with E-state index in [0.29, 0.717) is 38.7 Å². The Morgan fingerprint density at radius 1 is 1.03 bits per heavy atom. The van der Waals surface area contributed by atoms with Crippen molar-refractivity contribution in [1.82, 2.24) is 10.2 Å². The molecule has 1 unspecified atom stereocenters. The normalized spacial score (nSPS) is 16.6. The summed E-state index contributed by atoms with van der Waals surface area (Å²) in [6.07, 6.45) is 0.838. The van der Waals surface area contributed by atoms with Crippen molar-refractivity contribution in [3.63, 3.8) is 0 Å². The van der Waals surface area contributed by atoms with Gasteiger partial charge in [0, 0.05) is 11.3 Å². The number of aryl methyl sites for hydroxylation is 1. The molecular weight excluding hydrogens is 530 g/mol. The fraction of sp³-hybridized carbons (Fsp3) is 0.200. The van der Waals surface area contributed by atoms with E-state index in [1.165, 1.54) is 33.6 Å². The van der Waals surface area contributed by atoms with E-state index in [9.17, 15) is 14.7 Å². The van der Waals surface area contributed by atoms with Crippen LogP contribution in [0.3, 0.4) is 0 Å². The van der Waals surface area contributed by atoms with Gasteiger partial charge in [0.15, 0.2) is 4.34 Å². The molecule has 0 saturated carbocycles. The molecule has 4 aromatic rings. The first-order valence-electron chi connectivity index (χ1n) is 12.6. The molecular formula is C30H27N3O4S2. The van der Waals surface area contributed by atoms with Crippen LogP contribution in [0, 0.1) is 6.92 Å². The van der Waals surface area contributed by atoms with Crippen LogP contribution in [0.1, 0.15) is 41.6 Å². The number of thioether (sulfide) groups is 1. The molecule has 1 amide bonds. The van der Waals surface area contributed by atoms with Gasteiger partial charge >= 0.3 is 5.91 Å². The van der Waals surface area contributed by atoms with Crippen molar-refractivity contribution in [1.29, 1.82) is 0 Å². The van der Waals surface area contributed by atoms with Gasteiger partial charge in [0.05, 0.1) is 18.2 Å². The Kier molecular flexibility index (Phi) is 8.09. The third kappa shape index (κ3) is 5.74. The minimum atomic E-state index is -0.890. The van der Waals surface area contributed by atoms with E-state index >= 15 is 0 Å². The van der Waals surface area contributed by atoms with Crippen molar-refractivity contribution in [2.75, 3.05) is 11.5 Å². The number of ether oxygens (including phenoxy) is 1. The number of hydrogen-bond acceptors (Lipinski definition) is 8. The summed E-state index contributed by atoms with van der Waals surface area (Å²) in [4.78, 5) is 28.2. The van der Waals surface area contributed by atoms with Gasteiger partial charge in [-0.2, -0.15) is 0 Å². The van der Waals surface area contributed by atoms with Crippen LogP contribution in [-0.4, -0.2) is 33.6 Å². The number of carbonyl (C=O) groups excluding carboxylic acids is 2. The van der Waals surface area contributed by atoms with Gasteiger partial charge in [-0.1, -0.05) is 102 Å². The predicted octanol–water partition coefficient (Wildman–Crippen LogP) is 6.55. The number of ketones is 1. The van der Waals surface area contributed by atoms with Gasteiger partial charge in [0.2, 0.25) is 5.13 Å². The first kappa shape index (κ1) is 26.6. The predicted molar refractivity (Wildman–Crippen MR) is 154 cm³/mol. The fourth-order valence-corrected chi connectivity index (χ4v) is 6.10. The Balaban J connectivity index is 1.53. The van der Waals surface area contributed by atoms with Crippen molar-refractivity contribution >= 4 is 45.7 Å². The molecule has 1 saturated heterocycles. The first-order valence-corrected chi connectivity index (χ1v) is 14.4. The average molecular weight is 558 g/mol. The number of aromatic nitrogens is 2. The minimum absolute atomic E-state index is 0.00269. The Labute approximate surface area is 235 Å². The summed E-state index contributed by atoms with van der Waals surface area (Å²) >= 11 is 2.76. The van der Waals surface area contributed by atoms with Gasteiger partial charge in [0.25, 0.3) is 5.78 Å². The molecule has 0 aliphatic carbocycles. The van der Waals surface area contributed by atoms with Crippen LogP contribution in [0.4, 0.5) is 5.13 Å². The summed E-state index contributed by atoms with van der Waals surface area (Å²) in [5, 5.41) is 20.1. The van der Waals surface area contributed by atoms with Crippen molar-refractivity contribution in [3.05, 3.63) is 107 Å². The zero-order valence-electron chi connectivity index (χ0n) is 21.5. The smallest absolute Gasteiger partial charge is 0.301 e. The molecule has 0 bridgehead atoms. The number of carbonyl (C=O) groups is 2. The molecule has 1 fully saturated rings. The van der Waals surface area contributed by atoms with Crippen LogP contribution >= 0.6 is 23.1 Å².